The lowest BCUT2D eigenvalue weighted by Gasteiger charge is -2.07. The molecule has 0 saturated carbocycles. The van der Waals surface area contributed by atoms with Crippen molar-refractivity contribution in [1.82, 2.24) is 9.97 Å². The first-order valence-electron chi connectivity index (χ1n) is 7.60. The fourth-order valence-electron chi connectivity index (χ4n) is 1.95. The van der Waals surface area contributed by atoms with Crippen LogP contribution >= 0.6 is 11.8 Å². The molecule has 0 spiro atoms. The van der Waals surface area contributed by atoms with Crippen LogP contribution in [0.3, 0.4) is 0 Å². The Morgan fingerprint density at radius 1 is 1.17 bits per heavy atom. The topological polar surface area (TPSA) is 81.2 Å². The van der Waals surface area contributed by atoms with E-state index in [1.54, 1.807) is 37.3 Å². The first-order chi connectivity index (χ1) is 11.5. The Kier molecular flexibility index (Phi) is 6.31. The molecular weight excluding hydrogens is 326 g/mol. The predicted octanol–water partition coefficient (Wildman–Crippen LogP) is 3.33. The molecule has 1 amide bonds. The molecule has 0 unspecified atom stereocenters. The molecule has 0 aliphatic heterocycles. The second-order valence-electron chi connectivity index (χ2n) is 4.86. The van der Waals surface area contributed by atoms with E-state index < -0.39 is 0 Å². The van der Waals surface area contributed by atoms with Crippen molar-refractivity contribution in [2.24, 2.45) is 0 Å². The summed E-state index contributed by atoms with van der Waals surface area (Å²) in [5.74, 6) is 0.130. The van der Waals surface area contributed by atoms with Crippen LogP contribution in [0.1, 0.15) is 40.4 Å². The van der Waals surface area contributed by atoms with E-state index in [1.165, 1.54) is 11.8 Å². The van der Waals surface area contributed by atoms with E-state index in [0.29, 0.717) is 28.7 Å². The molecule has 2 aromatic rings. The normalized spacial score (nSPS) is 10.3. The van der Waals surface area contributed by atoms with Gasteiger partial charge in [0.1, 0.15) is 5.69 Å². The van der Waals surface area contributed by atoms with Gasteiger partial charge in [0.2, 0.25) is 0 Å². The van der Waals surface area contributed by atoms with Gasteiger partial charge in [0.15, 0.2) is 5.16 Å². The zero-order valence-electron chi connectivity index (χ0n) is 13.8. The summed E-state index contributed by atoms with van der Waals surface area (Å²) in [5, 5.41) is 3.35. The van der Waals surface area contributed by atoms with Crippen molar-refractivity contribution in [2.45, 2.75) is 25.9 Å². The predicted molar refractivity (Wildman–Crippen MR) is 93.5 cm³/mol. The Labute approximate surface area is 145 Å². The van der Waals surface area contributed by atoms with Crippen LogP contribution in [0, 0.1) is 6.92 Å². The van der Waals surface area contributed by atoms with Gasteiger partial charge in [-0.15, -0.1) is 0 Å². The fourth-order valence-corrected chi connectivity index (χ4v) is 2.58. The summed E-state index contributed by atoms with van der Waals surface area (Å²) in [6.07, 6.45) is 0. The fraction of sp³-hybridized carbons (Fsp3) is 0.294. The maximum Gasteiger partial charge on any atom is 0.338 e. The number of nitrogens with one attached hydrogen (secondary N) is 1. The van der Waals surface area contributed by atoms with Crippen LogP contribution in [0.15, 0.2) is 35.5 Å². The van der Waals surface area contributed by atoms with Crippen molar-refractivity contribution in [1.29, 1.82) is 0 Å². The molecule has 6 nitrogen and oxygen atoms in total. The largest absolute Gasteiger partial charge is 0.462 e. The molecule has 0 saturated heterocycles. The Bertz CT molecular complexity index is 732. The number of nitrogens with zero attached hydrogens (tertiary/aromatic N) is 2. The van der Waals surface area contributed by atoms with Crippen LogP contribution in [0.5, 0.6) is 0 Å². The Balaban J connectivity index is 2.10. The molecular formula is C17H19N3O3S. The Hall–Kier alpha value is -2.41. The molecule has 0 radical (unpaired) electrons. The molecule has 2 rings (SSSR count). The highest BCUT2D eigenvalue weighted by Gasteiger charge is 2.12. The summed E-state index contributed by atoms with van der Waals surface area (Å²) < 4.78 is 4.92. The number of hydrogen-bond acceptors (Lipinski definition) is 6. The number of hydrogen-bond donors (Lipinski definition) is 1. The van der Waals surface area contributed by atoms with Crippen LogP contribution in [0.25, 0.3) is 0 Å². The summed E-state index contributed by atoms with van der Waals surface area (Å²) >= 11 is 1.48. The second-order valence-corrected chi connectivity index (χ2v) is 6.09. The van der Waals surface area contributed by atoms with E-state index in [-0.39, 0.29) is 11.9 Å². The number of rotatable bonds is 6. The van der Waals surface area contributed by atoms with E-state index in [1.807, 2.05) is 13.8 Å². The first kappa shape index (κ1) is 17.9. The van der Waals surface area contributed by atoms with Crippen molar-refractivity contribution in [3.63, 3.8) is 0 Å². The lowest BCUT2D eigenvalue weighted by molar-refractivity contribution is 0.0526. The lowest BCUT2D eigenvalue weighted by atomic mass is 10.2. The van der Waals surface area contributed by atoms with Gasteiger partial charge in [0.05, 0.1) is 12.2 Å². The minimum Gasteiger partial charge on any atom is -0.462 e. The lowest BCUT2D eigenvalue weighted by Crippen LogP contribution is -2.15. The number of anilines is 1. The van der Waals surface area contributed by atoms with Crippen LogP contribution in [-0.2, 0) is 4.74 Å². The number of aryl methyl sites for hydroxylation is 1. The molecule has 0 atom stereocenters. The third-order valence-electron chi connectivity index (χ3n) is 2.99. The van der Waals surface area contributed by atoms with Gasteiger partial charge in [-0.25, -0.2) is 14.8 Å². The van der Waals surface area contributed by atoms with E-state index in [4.69, 9.17) is 4.74 Å². The van der Waals surface area contributed by atoms with Crippen LogP contribution < -0.4 is 5.32 Å². The van der Waals surface area contributed by atoms with Gasteiger partial charge in [-0.3, -0.25) is 4.79 Å². The van der Waals surface area contributed by atoms with Gasteiger partial charge in [-0.1, -0.05) is 18.7 Å². The monoisotopic (exact) mass is 345 g/mol. The van der Waals surface area contributed by atoms with E-state index >= 15 is 0 Å². The quantitative estimate of drug-likeness (QED) is 0.491. The molecule has 0 fully saturated rings. The molecule has 126 valence electrons. The SMILES string of the molecule is CCOC(=O)c1ccc(NC(=O)c2cc(C)nc(SCC)n2)cc1. The smallest absolute Gasteiger partial charge is 0.338 e. The van der Waals surface area contributed by atoms with Crippen LogP contribution in [0.4, 0.5) is 5.69 Å². The maximum absolute atomic E-state index is 12.3. The molecule has 0 aliphatic carbocycles. The summed E-state index contributed by atoms with van der Waals surface area (Å²) in [4.78, 5) is 32.5. The van der Waals surface area contributed by atoms with Gasteiger partial charge in [0, 0.05) is 11.4 Å². The Morgan fingerprint density at radius 2 is 1.88 bits per heavy atom. The molecule has 1 heterocycles. The average molecular weight is 345 g/mol. The molecule has 7 heteroatoms. The standard InChI is InChI=1S/C17H19N3O3S/c1-4-23-16(22)12-6-8-13(9-7-12)19-15(21)14-10-11(3)18-17(20-14)24-5-2/h6-10H,4-5H2,1-3H3,(H,19,21). The number of carbonyl (C=O) groups is 2. The van der Waals surface area contributed by atoms with Crippen molar-refractivity contribution in [3.8, 4) is 0 Å². The summed E-state index contributed by atoms with van der Waals surface area (Å²) in [6.45, 7) is 5.90. The van der Waals surface area contributed by atoms with Gasteiger partial charge >= 0.3 is 5.97 Å². The highest BCUT2D eigenvalue weighted by Crippen LogP contribution is 2.15. The van der Waals surface area contributed by atoms with Crippen LogP contribution in [-0.4, -0.2) is 34.2 Å². The number of ether oxygens (including phenoxy) is 1. The summed E-state index contributed by atoms with van der Waals surface area (Å²) in [5.41, 5.74) is 2.07. The second kappa shape index (κ2) is 8.44. The molecule has 1 N–H and O–H groups in total. The first-order valence-corrected chi connectivity index (χ1v) is 8.59. The molecule has 1 aromatic heterocycles. The molecule has 0 aliphatic rings. The maximum atomic E-state index is 12.3. The third-order valence-corrected chi connectivity index (χ3v) is 3.72. The van der Waals surface area contributed by atoms with E-state index in [2.05, 4.69) is 15.3 Å². The minimum absolute atomic E-state index is 0.313. The van der Waals surface area contributed by atoms with Crippen molar-refractivity contribution < 1.29 is 14.3 Å². The highest BCUT2D eigenvalue weighted by molar-refractivity contribution is 7.99. The molecule has 24 heavy (non-hydrogen) atoms. The number of benzene rings is 1. The number of thioether (sulfide) groups is 1. The van der Waals surface area contributed by atoms with Crippen molar-refractivity contribution in [2.75, 3.05) is 17.7 Å². The summed E-state index contributed by atoms with van der Waals surface area (Å²) in [6, 6.07) is 8.16. The van der Waals surface area contributed by atoms with Gasteiger partial charge < -0.3 is 10.1 Å². The minimum atomic E-state index is -0.386. The molecule has 1 aromatic carbocycles. The third kappa shape index (κ3) is 4.79. The van der Waals surface area contributed by atoms with E-state index in [0.717, 1.165) is 11.4 Å². The molecule has 0 bridgehead atoms. The average Bonchev–Trinajstić information content (AvgIpc) is 2.55. The highest BCUT2D eigenvalue weighted by atomic mass is 32.2. The Morgan fingerprint density at radius 3 is 2.50 bits per heavy atom. The number of carbonyl (C=O) groups excluding carboxylic acids is 2. The van der Waals surface area contributed by atoms with Crippen molar-refractivity contribution >= 4 is 29.3 Å². The number of esters is 1. The number of aromatic nitrogens is 2. The van der Waals surface area contributed by atoms with Crippen LogP contribution in [0.2, 0.25) is 0 Å². The zero-order valence-corrected chi connectivity index (χ0v) is 14.6. The van der Waals surface area contributed by atoms with Gasteiger partial charge in [-0.05, 0) is 49.9 Å². The van der Waals surface area contributed by atoms with Gasteiger partial charge in [-0.2, -0.15) is 0 Å². The van der Waals surface area contributed by atoms with Gasteiger partial charge in [0.25, 0.3) is 5.91 Å². The summed E-state index contributed by atoms with van der Waals surface area (Å²) in [7, 11) is 0. The zero-order chi connectivity index (χ0) is 17.5. The van der Waals surface area contributed by atoms with Crippen molar-refractivity contribution in [3.05, 3.63) is 47.3 Å². The van der Waals surface area contributed by atoms with E-state index in [9.17, 15) is 9.59 Å². The number of amides is 1.